The van der Waals surface area contributed by atoms with Crippen LogP contribution in [0.15, 0.2) is 60.7 Å². The van der Waals surface area contributed by atoms with Crippen molar-refractivity contribution in [1.29, 1.82) is 0 Å². The van der Waals surface area contributed by atoms with Gasteiger partial charge in [-0.2, -0.15) is 0 Å². The number of rotatable bonds is 5. The van der Waals surface area contributed by atoms with Crippen molar-refractivity contribution in [3.8, 4) is 11.3 Å². The number of methoxy groups -OCH3 is 1. The molecule has 2 aromatic carbocycles. The SMILES string of the molecule is COC(=O)CCC(N)n1c(-c2ccccc2)cc2ccccc21. The molecule has 1 unspecified atom stereocenters. The Morgan fingerprint density at radius 1 is 1.13 bits per heavy atom. The van der Waals surface area contributed by atoms with Gasteiger partial charge in [0, 0.05) is 17.3 Å². The molecular weight excluding hydrogens is 288 g/mol. The quantitative estimate of drug-likeness (QED) is 0.731. The van der Waals surface area contributed by atoms with Crippen molar-refractivity contribution >= 4 is 16.9 Å². The first-order valence-electron chi connectivity index (χ1n) is 7.68. The predicted molar refractivity (Wildman–Crippen MR) is 91.8 cm³/mol. The molecule has 2 N–H and O–H groups in total. The summed E-state index contributed by atoms with van der Waals surface area (Å²) in [5, 5.41) is 1.14. The lowest BCUT2D eigenvalue weighted by molar-refractivity contribution is -0.140. The van der Waals surface area contributed by atoms with Crippen molar-refractivity contribution in [3.63, 3.8) is 0 Å². The molecule has 1 atom stereocenters. The summed E-state index contributed by atoms with van der Waals surface area (Å²) in [5.74, 6) is -0.238. The van der Waals surface area contributed by atoms with Crippen LogP contribution >= 0.6 is 0 Å². The molecule has 1 heterocycles. The Labute approximate surface area is 135 Å². The van der Waals surface area contributed by atoms with E-state index in [9.17, 15) is 4.79 Å². The Morgan fingerprint density at radius 3 is 2.57 bits per heavy atom. The monoisotopic (exact) mass is 308 g/mol. The van der Waals surface area contributed by atoms with Gasteiger partial charge in [0.25, 0.3) is 0 Å². The first-order valence-corrected chi connectivity index (χ1v) is 7.68. The molecule has 0 saturated heterocycles. The van der Waals surface area contributed by atoms with E-state index in [2.05, 4.69) is 34.9 Å². The lowest BCUT2D eigenvalue weighted by Gasteiger charge is -2.18. The van der Waals surface area contributed by atoms with Crippen molar-refractivity contribution < 1.29 is 9.53 Å². The van der Waals surface area contributed by atoms with Gasteiger partial charge < -0.3 is 15.0 Å². The van der Waals surface area contributed by atoms with Crippen LogP contribution in [0.5, 0.6) is 0 Å². The molecule has 4 heteroatoms. The maximum Gasteiger partial charge on any atom is 0.305 e. The number of ether oxygens (including phenoxy) is 1. The van der Waals surface area contributed by atoms with E-state index in [0.717, 1.165) is 22.2 Å². The van der Waals surface area contributed by atoms with Crippen LogP contribution in [-0.2, 0) is 9.53 Å². The number of aromatic nitrogens is 1. The largest absolute Gasteiger partial charge is 0.469 e. The Bertz CT molecular complexity index is 809. The average molecular weight is 308 g/mol. The van der Waals surface area contributed by atoms with E-state index < -0.39 is 0 Å². The second kappa shape index (κ2) is 6.67. The van der Waals surface area contributed by atoms with Crippen LogP contribution in [0, 0.1) is 0 Å². The van der Waals surface area contributed by atoms with E-state index in [1.807, 2.05) is 30.3 Å². The third kappa shape index (κ3) is 3.12. The number of para-hydroxylation sites is 1. The number of nitrogens with two attached hydrogens (primary N) is 1. The normalized spacial score (nSPS) is 12.3. The maximum atomic E-state index is 11.4. The van der Waals surface area contributed by atoms with E-state index in [4.69, 9.17) is 10.5 Å². The summed E-state index contributed by atoms with van der Waals surface area (Å²) in [6.45, 7) is 0. The lowest BCUT2D eigenvalue weighted by Crippen LogP contribution is -2.20. The number of hydrogen-bond acceptors (Lipinski definition) is 3. The number of benzene rings is 2. The predicted octanol–water partition coefficient (Wildman–Crippen LogP) is 3.72. The van der Waals surface area contributed by atoms with Crippen LogP contribution in [0.4, 0.5) is 0 Å². The first kappa shape index (κ1) is 15.3. The Balaban J connectivity index is 2.04. The van der Waals surface area contributed by atoms with Gasteiger partial charge in [0.15, 0.2) is 0 Å². The highest BCUT2D eigenvalue weighted by Gasteiger charge is 2.16. The second-order valence-electron chi connectivity index (χ2n) is 5.51. The van der Waals surface area contributed by atoms with Crippen LogP contribution in [0.25, 0.3) is 22.2 Å². The third-order valence-electron chi connectivity index (χ3n) is 4.02. The van der Waals surface area contributed by atoms with Crippen molar-refractivity contribution in [2.75, 3.05) is 7.11 Å². The highest BCUT2D eigenvalue weighted by molar-refractivity contribution is 5.87. The molecule has 0 fully saturated rings. The molecular formula is C19H20N2O2. The van der Waals surface area contributed by atoms with Crippen LogP contribution in [0.2, 0.25) is 0 Å². The number of nitrogens with zero attached hydrogens (tertiary/aromatic N) is 1. The molecule has 3 rings (SSSR count). The van der Waals surface area contributed by atoms with Gasteiger partial charge in [-0.05, 0) is 24.1 Å². The highest BCUT2D eigenvalue weighted by Crippen LogP contribution is 2.31. The van der Waals surface area contributed by atoms with Gasteiger partial charge in [0.2, 0.25) is 0 Å². The van der Waals surface area contributed by atoms with Crippen molar-refractivity contribution in [3.05, 3.63) is 60.7 Å². The van der Waals surface area contributed by atoms with Gasteiger partial charge in [-0.25, -0.2) is 0 Å². The molecule has 0 aliphatic rings. The average Bonchev–Trinajstić information content (AvgIpc) is 2.99. The fraction of sp³-hybridized carbons (Fsp3) is 0.211. The van der Waals surface area contributed by atoms with Crippen LogP contribution in [-0.4, -0.2) is 17.6 Å². The Morgan fingerprint density at radius 2 is 1.83 bits per heavy atom. The summed E-state index contributed by atoms with van der Waals surface area (Å²) in [4.78, 5) is 11.4. The van der Waals surface area contributed by atoms with Gasteiger partial charge in [-0.15, -0.1) is 0 Å². The van der Waals surface area contributed by atoms with Crippen molar-refractivity contribution in [2.45, 2.75) is 19.0 Å². The summed E-state index contributed by atoms with van der Waals surface area (Å²) in [6, 6.07) is 20.4. The summed E-state index contributed by atoms with van der Waals surface area (Å²) >= 11 is 0. The smallest absolute Gasteiger partial charge is 0.305 e. The van der Waals surface area contributed by atoms with Gasteiger partial charge in [-0.1, -0.05) is 48.5 Å². The van der Waals surface area contributed by atoms with E-state index in [1.54, 1.807) is 0 Å². The molecule has 0 spiro atoms. The number of fused-ring (bicyclic) bond motifs is 1. The van der Waals surface area contributed by atoms with E-state index in [0.29, 0.717) is 12.8 Å². The molecule has 0 radical (unpaired) electrons. The fourth-order valence-corrected chi connectivity index (χ4v) is 2.86. The second-order valence-corrected chi connectivity index (χ2v) is 5.51. The minimum absolute atomic E-state index is 0.238. The summed E-state index contributed by atoms with van der Waals surface area (Å²) in [6.07, 6.45) is 0.549. The molecule has 0 bridgehead atoms. The molecule has 23 heavy (non-hydrogen) atoms. The number of carbonyl (C=O) groups excluding carboxylic acids is 1. The summed E-state index contributed by atoms with van der Waals surface area (Å²) in [7, 11) is 1.40. The standard InChI is InChI=1S/C19H20N2O2/c1-23-19(22)12-11-18(20)21-16-10-6-5-9-15(16)13-17(21)14-7-3-2-4-8-14/h2-10,13,18H,11-12,20H2,1H3. The minimum Gasteiger partial charge on any atom is -0.469 e. The van der Waals surface area contributed by atoms with Crippen LogP contribution < -0.4 is 5.73 Å². The summed E-state index contributed by atoms with van der Waals surface area (Å²) < 4.78 is 6.82. The third-order valence-corrected chi connectivity index (χ3v) is 4.02. The van der Waals surface area contributed by atoms with Crippen LogP contribution in [0.3, 0.4) is 0 Å². The Hall–Kier alpha value is -2.59. The molecule has 4 nitrogen and oxygen atoms in total. The molecule has 3 aromatic rings. The maximum absolute atomic E-state index is 11.4. The van der Waals surface area contributed by atoms with Gasteiger partial charge in [-0.3, -0.25) is 4.79 Å². The summed E-state index contributed by atoms with van der Waals surface area (Å²) in [5.41, 5.74) is 9.64. The molecule has 0 aliphatic carbocycles. The van der Waals surface area contributed by atoms with Gasteiger partial charge in [0.05, 0.1) is 19.0 Å². The molecule has 0 aliphatic heterocycles. The highest BCUT2D eigenvalue weighted by atomic mass is 16.5. The topological polar surface area (TPSA) is 57.2 Å². The number of carbonyl (C=O) groups is 1. The first-order chi connectivity index (χ1) is 11.2. The minimum atomic E-state index is -0.288. The molecule has 0 saturated carbocycles. The zero-order valence-electron chi connectivity index (χ0n) is 13.1. The van der Waals surface area contributed by atoms with Gasteiger partial charge >= 0.3 is 5.97 Å². The zero-order chi connectivity index (χ0) is 16.2. The molecule has 1 aromatic heterocycles. The van der Waals surface area contributed by atoms with E-state index in [-0.39, 0.29) is 12.1 Å². The van der Waals surface area contributed by atoms with E-state index in [1.165, 1.54) is 7.11 Å². The van der Waals surface area contributed by atoms with Crippen molar-refractivity contribution in [1.82, 2.24) is 4.57 Å². The lowest BCUT2D eigenvalue weighted by atomic mass is 10.1. The Kier molecular flexibility index (Phi) is 4.44. The fourth-order valence-electron chi connectivity index (χ4n) is 2.86. The number of esters is 1. The van der Waals surface area contributed by atoms with Gasteiger partial charge in [0.1, 0.15) is 0 Å². The van der Waals surface area contributed by atoms with Crippen molar-refractivity contribution in [2.24, 2.45) is 5.73 Å². The zero-order valence-corrected chi connectivity index (χ0v) is 13.1. The van der Waals surface area contributed by atoms with Crippen LogP contribution in [0.1, 0.15) is 19.0 Å². The van der Waals surface area contributed by atoms with E-state index >= 15 is 0 Å². The molecule has 118 valence electrons. The number of hydrogen-bond donors (Lipinski definition) is 1. The molecule has 0 amide bonds.